The number of nitrogens with zero attached hydrogens (tertiary/aromatic N) is 3. The Bertz CT molecular complexity index is 829. The third-order valence-electron chi connectivity index (χ3n) is 3.85. The van der Waals surface area contributed by atoms with Crippen molar-refractivity contribution >= 4 is 23.6 Å². The zero-order chi connectivity index (χ0) is 17.1. The first kappa shape index (κ1) is 16.3. The maximum atomic E-state index is 12.1. The van der Waals surface area contributed by atoms with Crippen molar-refractivity contribution in [1.29, 1.82) is 5.26 Å². The summed E-state index contributed by atoms with van der Waals surface area (Å²) in [5, 5.41) is 16.9. The molecule has 1 aromatic heterocycles. The number of halogens is 1. The molecule has 122 valence electrons. The first-order valence-electron chi connectivity index (χ1n) is 7.78. The molecule has 0 aliphatic heterocycles. The minimum Gasteiger partial charge on any atom is -0.349 e. The van der Waals surface area contributed by atoms with E-state index in [1.54, 1.807) is 4.68 Å². The molecule has 6 heteroatoms. The fourth-order valence-electron chi connectivity index (χ4n) is 2.38. The van der Waals surface area contributed by atoms with E-state index < -0.39 is 0 Å². The Morgan fingerprint density at radius 2 is 2.17 bits per heavy atom. The lowest BCUT2D eigenvalue weighted by Crippen LogP contribution is -2.26. The van der Waals surface area contributed by atoms with Gasteiger partial charge in [-0.3, -0.25) is 4.79 Å². The number of hydrogen-bond acceptors (Lipinski definition) is 3. The average molecular weight is 341 g/mol. The SMILES string of the molecule is Cc1nn(Cc2ccccc2)c(Cl)c1/C=C(\C#N)C(=O)NC1CC1. The summed E-state index contributed by atoms with van der Waals surface area (Å²) in [6.07, 6.45) is 3.46. The first-order valence-corrected chi connectivity index (χ1v) is 8.15. The van der Waals surface area contributed by atoms with Gasteiger partial charge in [0.2, 0.25) is 0 Å². The normalized spacial score (nSPS) is 14.3. The maximum absolute atomic E-state index is 12.1. The van der Waals surface area contributed by atoms with Gasteiger partial charge >= 0.3 is 0 Å². The van der Waals surface area contributed by atoms with Crippen molar-refractivity contribution in [3.63, 3.8) is 0 Å². The van der Waals surface area contributed by atoms with E-state index in [4.69, 9.17) is 11.6 Å². The van der Waals surface area contributed by atoms with Gasteiger partial charge < -0.3 is 5.32 Å². The van der Waals surface area contributed by atoms with Gasteiger partial charge in [0.05, 0.1) is 12.2 Å². The summed E-state index contributed by atoms with van der Waals surface area (Å²) in [5.74, 6) is -0.355. The minimum atomic E-state index is -0.355. The van der Waals surface area contributed by atoms with E-state index in [2.05, 4.69) is 10.4 Å². The standard InChI is InChI=1S/C18H17ClN4O/c1-12-16(9-14(10-20)18(24)21-15-7-8-15)17(19)23(22-12)11-13-5-3-2-4-6-13/h2-6,9,15H,7-8,11H2,1H3,(H,21,24)/b14-9+. The van der Waals surface area contributed by atoms with Crippen LogP contribution in [0.4, 0.5) is 0 Å². The van der Waals surface area contributed by atoms with E-state index in [1.165, 1.54) is 6.08 Å². The molecule has 0 saturated heterocycles. The molecule has 1 aliphatic rings. The second-order valence-corrected chi connectivity index (χ2v) is 6.21. The monoisotopic (exact) mass is 340 g/mol. The van der Waals surface area contributed by atoms with Crippen molar-refractivity contribution in [1.82, 2.24) is 15.1 Å². The fourth-order valence-corrected chi connectivity index (χ4v) is 2.66. The molecular formula is C18H17ClN4O. The summed E-state index contributed by atoms with van der Waals surface area (Å²) in [4.78, 5) is 12.1. The third-order valence-corrected chi connectivity index (χ3v) is 4.25. The summed E-state index contributed by atoms with van der Waals surface area (Å²) in [6.45, 7) is 2.34. The van der Waals surface area contributed by atoms with Gasteiger partial charge in [0.1, 0.15) is 16.8 Å². The smallest absolute Gasteiger partial charge is 0.262 e. The number of nitriles is 1. The molecule has 1 saturated carbocycles. The van der Waals surface area contributed by atoms with E-state index in [0.29, 0.717) is 23.0 Å². The second-order valence-electron chi connectivity index (χ2n) is 5.85. The highest BCUT2D eigenvalue weighted by Crippen LogP contribution is 2.24. The molecule has 0 spiro atoms. The largest absolute Gasteiger partial charge is 0.349 e. The van der Waals surface area contributed by atoms with Crippen LogP contribution in [-0.4, -0.2) is 21.7 Å². The van der Waals surface area contributed by atoms with Gasteiger partial charge in [-0.25, -0.2) is 4.68 Å². The van der Waals surface area contributed by atoms with Gasteiger partial charge in [-0.15, -0.1) is 0 Å². The molecule has 1 aliphatic carbocycles. The van der Waals surface area contributed by atoms with Crippen molar-refractivity contribution in [2.75, 3.05) is 0 Å². The van der Waals surface area contributed by atoms with Crippen LogP contribution >= 0.6 is 11.6 Å². The van der Waals surface area contributed by atoms with E-state index in [1.807, 2.05) is 43.3 Å². The Balaban J connectivity index is 1.86. The fraction of sp³-hybridized carbons (Fsp3) is 0.278. The van der Waals surface area contributed by atoms with Gasteiger partial charge in [-0.05, 0) is 31.4 Å². The van der Waals surface area contributed by atoms with Crippen LogP contribution in [0.15, 0.2) is 35.9 Å². The average Bonchev–Trinajstić information content (AvgIpc) is 3.35. The third kappa shape index (κ3) is 3.66. The molecule has 5 nitrogen and oxygen atoms in total. The van der Waals surface area contributed by atoms with Crippen LogP contribution in [0.25, 0.3) is 6.08 Å². The molecule has 0 unspecified atom stereocenters. The van der Waals surface area contributed by atoms with Crippen molar-refractivity contribution in [3.8, 4) is 6.07 Å². The van der Waals surface area contributed by atoms with Gasteiger partial charge in [0.15, 0.2) is 0 Å². The van der Waals surface area contributed by atoms with Crippen LogP contribution in [0.5, 0.6) is 0 Å². The van der Waals surface area contributed by atoms with Gasteiger partial charge in [-0.2, -0.15) is 10.4 Å². The molecule has 1 N–H and O–H groups in total. The first-order chi connectivity index (χ1) is 11.6. The van der Waals surface area contributed by atoms with E-state index in [9.17, 15) is 10.1 Å². The predicted octanol–water partition coefficient (Wildman–Crippen LogP) is 3.08. The lowest BCUT2D eigenvalue weighted by atomic mass is 10.1. The van der Waals surface area contributed by atoms with Crippen molar-refractivity contribution in [3.05, 3.63) is 57.9 Å². The topological polar surface area (TPSA) is 70.7 Å². The van der Waals surface area contributed by atoms with Crippen LogP contribution in [0.1, 0.15) is 29.7 Å². The van der Waals surface area contributed by atoms with Crippen LogP contribution in [-0.2, 0) is 11.3 Å². The van der Waals surface area contributed by atoms with E-state index >= 15 is 0 Å². The summed E-state index contributed by atoms with van der Waals surface area (Å²) in [5.41, 5.74) is 2.41. The molecule has 0 radical (unpaired) electrons. The van der Waals surface area contributed by atoms with Crippen LogP contribution in [0.2, 0.25) is 5.15 Å². The number of aryl methyl sites for hydroxylation is 1. The quantitative estimate of drug-likeness (QED) is 0.671. The highest BCUT2D eigenvalue weighted by Gasteiger charge is 2.25. The Labute approximate surface area is 145 Å². The number of aromatic nitrogens is 2. The van der Waals surface area contributed by atoms with Gasteiger partial charge in [0.25, 0.3) is 5.91 Å². The lowest BCUT2D eigenvalue weighted by Gasteiger charge is -2.03. The number of carbonyl (C=O) groups is 1. The summed E-state index contributed by atoms with van der Waals surface area (Å²) in [6, 6.07) is 12.0. The number of amides is 1. The lowest BCUT2D eigenvalue weighted by molar-refractivity contribution is -0.117. The van der Waals surface area contributed by atoms with Gasteiger partial charge in [-0.1, -0.05) is 41.9 Å². The number of rotatable bonds is 5. The van der Waals surface area contributed by atoms with Crippen molar-refractivity contribution < 1.29 is 4.79 Å². The predicted molar refractivity (Wildman–Crippen MR) is 92.3 cm³/mol. The summed E-state index contributed by atoms with van der Waals surface area (Å²) < 4.78 is 1.67. The highest BCUT2D eigenvalue weighted by molar-refractivity contribution is 6.31. The number of nitrogens with one attached hydrogen (secondary N) is 1. The van der Waals surface area contributed by atoms with Gasteiger partial charge in [0, 0.05) is 11.6 Å². The maximum Gasteiger partial charge on any atom is 0.262 e. The Morgan fingerprint density at radius 1 is 1.46 bits per heavy atom. The number of carbonyl (C=O) groups excluding carboxylic acids is 1. The highest BCUT2D eigenvalue weighted by atomic mass is 35.5. The summed E-state index contributed by atoms with van der Waals surface area (Å²) >= 11 is 6.42. The molecule has 1 heterocycles. The minimum absolute atomic E-state index is 0.0474. The van der Waals surface area contributed by atoms with E-state index in [-0.39, 0.29) is 17.5 Å². The Kier molecular flexibility index (Phi) is 4.68. The van der Waals surface area contributed by atoms with Crippen molar-refractivity contribution in [2.24, 2.45) is 0 Å². The molecule has 0 bridgehead atoms. The van der Waals surface area contributed by atoms with Crippen LogP contribution < -0.4 is 5.32 Å². The number of hydrogen-bond donors (Lipinski definition) is 1. The molecule has 24 heavy (non-hydrogen) atoms. The molecule has 0 atom stereocenters. The molecule has 1 fully saturated rings. The van der Waals surface area contributed by atoms with Crippen molar-refractivity contribution in [2.45, 2.75) is 32.4 Å². The van der Waals surface area contributed by atoms with E-state index in [0.717, 1.165) is 18.4 Å². The Morgan fingerprint density at radius 3 is 2.79 bits per heavy atom. The molecule has 3 rings (SSSR count). The molecule has 2 aromatic rings. The molecule has 1 amide bonds. The zero-order valence-electron chi connectivity index (χ0n) is 13.3. The number of benzene rings is 1. The van der Waals surface area contributed by atoms with Crippen LogP contribution in [0.3, 0.4) is 0 Å². The molecular weight excluding hydrogens is 324 g/mol. The second kappa shape index (κ2) is 6.90. The van der Waals surface area contributed by atoms with Crippen LogP contribution in [0, 0.1) is 18.3 Å². The summed E-state index contributed by atoms with van der Waals surface area (Å²) in [7, 11) is 0. The molecule has 1 aromatic carbocycles. The zero-order valence-corrected chi connectivity index (χ0v) is 14.0. The Hall–Kier alpha value is -2.58.